The first kappa shape index (κ1) is 11.9. The highest BCUT2D eigenvalue weighted by molar-refractivity contribution is 6.36. The summed E-state index contributed by atoms with van der Waals surface area (Å²) in [7, 11) is 1.59. The molecule has 96 valence electrons. The van der Waals surface area contributed by atoms with Crippen LogP contribution in [0.3, 0.4) is 0 Å². The molecule has 1 aliphatic rings. The molecule has 1 aromatic carbocycles. The zero-order valence-electron chi connectivity index (χ0n) is 10.2. The van der Waals surface area contributed by atoms with Crippen LogP contribution >= 0.6 is 11.6 Å². The van der Waals surface area contributed by atoms with Crippen molar-refractivity contribution in [3.63, 3.8) is 0 Å². The van der Waals surface area contributed by atoms with E-state index in [0.29, 0.717) is 16.3 Å². The highest BCUT2D eigenvalue weighted by Gasteiger charge is 2.24. The Morgan fingerprint density at radius 2 is 2.16 bits per heavy atom. The Balaban J connectivity index is 2.11. The van der Waals surface area contributed by atoms with E-state index in [1.165, 1.54) is 0 Å². The molecule has 3 rings (SSSR count). The monoisotopic (exact) mass is 274 g/mol. The van der Waals surface area contributed by atoms with Gasteiger partial charge in [0, 0.05) is 22.5 Å². The minimum Gasteiger partial charge on any atom is -0.495 e. The van der Waals surface area contributed by atoms with Gasteiger partial charge >= 0.3 is 0 Å². The number of carbonyl (C=O) groups excluding carboxylic acids is 1. The number of hydrogen-bond donors (Lipinski definition) is 2. The number of hydrogen-bond acceptors (Lipinski definition) is 2. The molecule has 5 heteroatoms. The molecule has 4 nitrogen and oxygen atoms in total. The topological polar surface area (TPSA) is 54.1 Å². The van der Waals surface area contributed by atoms with Gasteiger partial charge in [-0.1, -0.05) is 11.6 Å². The second kappa shape index (κ2) is 4.48. The predicted octanol–water partition coefficient (Wildman–Crippen LogP) is 3.17. The molecule has 2 aromatic rings. The lowest BCUT2D eigenvalue weighted by atomic mass is 10.1. The molecule has 0 unspecified atom stereocenters. The minimum atomic E-state index is -0.145. The van der Waals surface area contributed by atoms with E-state index in [0.717, 1.165) is 16.9 Å². The van der Waals surface area contributed by atoms with Gasteiger partial charge in [-0.05, 0) is 30.3 Å². The van der Waals surface area contributed by atoms with Gasteiger partial charge in [-0.15, -0.1) is 0 Å². The van der Waals surface area contributed by atoms with Crippen molar-refractivity contribution in [2.24, 2.45) is 0 Å². The number of anilines is 1. The summed E-state index contributed by atoms with van der Waals surface area (Å²) < 4.78 is 5.21. The van der Waals surface area contributed by atoms with Gasteiger partial charge in [0.05, 0.1) is 18.4 Å². The number of methoxy groups -OCH3 is 1. The summed E-state index contributed by atoms with van der Waals surface area (Å²) >= 11 is 5.98. The molecule has 0 bridgehead atoms. The molecule has 0 saturated carbocycles. The van der Waals surface area contributed by atoms with Crippen molar-refractivity contribution in [3.05, 3.63) is 46.7 Å². The number of aromatic amines is 1. The standard InChI is InChI=1S/C14H11ClN2O2/c1-19-13-4-5-16-12(13)7-10-9-6-8(15)2-3-11(9)17-14(10)18/h2-7,16H,1H3,(H,17,18)/b10-7-. The van der Waals surface area contributed by atoms with E-state index < -0.39 is 0 Å². The highest BCUT2D eigenvalue weighted by Crippen LogP contribution is 2.35. The van der Waals surface area contributed by atoms with Gasteiger partial charge < -0.3 is 15.0 Å². The molecule has 19 heavy (non-hydrogen) atoms. The molecular formula is C14H11ClN2O2. The molecule has 0 radical (unpaired) electrons. The number of halogens is 1. The van der Waals surface area contributed by atoms with Gasteiger partial charge in [-0.3, -0.25) is 4.79 Å². The number of benzene rings is 1. The maximum atomic E-state index is 12.0. The maximum Gasteiger partial charge on any atom is 0.256 e. The fourth-order valence-electron chi connectivity index (χ4n) is 2.11. The number of aromatic nitrogens is 1. The highest BCUT2D eigenvalue weighted by atomic mass is 35.5. The van der Waals surface area contributed by atoms with Crippen LogP contribution < -0.4 is 10.1 Å². The summed E-state index contributed by atoms with van der Waals surface area (Å²) in [5.74, 6) is 0.546. The van der Waals surface area contributed by atoms with E-state index >= 15 is 0 Å². The fraction of sp³-hybridized carbons (Fsp3) is 0.0714. The van der Waals surface area contributed by atoms with E-state index in [-0.39, 0.29) is 5.91 Å². The van der Waals surface area contributed by atoms with Crippen molar-refractivity contribution in [2.45, 2.75) is 0 Å². The lowest BCUT2D eigenvalue weighted by molar-refractivity contribution is -0.110. The molecule has 1 aliphatic heterocycles. The smallest absolute Gasteiger partial charge is 0.256 e. The average Bonchev–Trinajstić information content (AvgIpc) is 2.96. The molecule has 0 aliphatic carbocycles. The fourth-order valence-corrected chi connectivity index (χ4v) is 2.28. The van der Waals surface area contributed by atoms with Crippen LogP contribution in [0.15, 0.2) is 30.5 Å². The van der Waals surface area contributed by atoms with Gasteiger partial charge in [0.1, 0.15) is 5.75 Å². The lowest BCUT2D eigenvalue weighted by Gasteiger charge is -2.00. The second-order valence-electron chi connectivity index (χ2n) is 4.16. The van der Waals surface area contributed by atoms with Crippen LogP contribution in [0.1, 0.15) is 11.3 Å². The number of carbonyl (C=O) groups is 1. The van der Waals surface area contributed by atoms with Gasteiger partial charge in [0.15, 0.2) is 0 Å². The first-order valence-electron chi connectivity index (χ1n) is 5.73. The first-order valence-corrected chi connectivity index (χ1v) is 6.11. The molecule has 2 N–H and O–H groups in total. The SMILES string of the molecule is COc1cc[nH]c1/C=C1\C(=O)Nc2ccc(Cl)cc21. The quantitative estimate of drug-likeness (QED) is 0.827. The van der Waals surface area contributed by atoms with Crippen LogP contribution in [0.5, 0.6) is 5.75 Å². The van der Waals surface area contributed by atoms with Crippen LogP contribution in [0.25, 0.3) is 11.6 Å². The molecule has 0 spiro atoms. The third-order valence-corrected chi connectivity index (χ3v) is 3.25. The Labute approximate surface area is 115 Å². The molecular weight excluding hydrogens is 264 g/mol. The van der Waals surface area contributed by atoms with Gasteiger partial charge in [0.25, 0.3) is 5.91 Å². The summed E-state index contributed by atoms with van der Waals surface area (Å²) in [5, 5.41) is 3.40. The summed E-state index contributed by atoms with van der Waals surface area (Å²) in [6, 6.07) is 7.12. The maximum absolute atomic E-state index is 12.0. The van der Waals surface area contributed by atoms with Gasteiger partial charge in [-0.2, -0.15) is 0 Å². The Hall–Kier alpha value is -2.20. The van der Waals surface area contributed by atoms with Crippen LogP contribution in [-0.4, -0.2) is 18.0 Å². The number of ether oxygens (including phenoxy) is 1. The van der Waals surface area contributed by atoms with Gasteiger partial charge in [-0.25, -0.2) is 0 Å². The third kappa shape index (κ3) is 2.00. The van der Waals surface area contributed by atoms with Crippen molar-refractivity contribution in [1.29, 1.82) is 0 Å². The second-order valence-corrected chi connectivity index (χ2v) is 4.60. The lowest BCUT2D eigenvalue weighted by Crippen LogP contribution is -2.03. The van der Waals surface area contributed by atoms with Gasteiger partial charge in [0.2, 0.25) is 0 Å². The van der Waals surface area contributed by atoms with E-state index in [9.17, 15) is 4.79 Å². The number of amides is 1. The average molecular weight is 275 g/mol. The number of H-pyrrole nitrogens is 1. The normalized spacial score (nSPS) is 15.5. The number of nitrogens with one attached hydrogen (secondary N) is 2. The van der Waals surface area contributed by atoms with E-state index in [2.05, 4.69) is 10.3 Å². The summed E-state index contributed by atoms with van der Waals surface area (Å²) in [6.07, 6.45) is 3.52. The molecule has 0 atom stereocenters. The van der Waals surface area contributed by atoms with Crippen molar-refractivity contribution >= 4 is 34.8 Å². The zero-order chi connectivity index (χ0) is 13.4. The predicted molar refractivity (Wildman–Crippen MR) is 75.3 cm³/mol. The molecule has 0 saturated heterocycles. The largest absolute Gasteiger partial charge is 0.495 e. The van der Waals surface area contributed by atoms with Crippen molar-refractivity contribution < 1.29 is 9.53 Å². The van der Waals surface area contributed by atoms with Crippen molar-refractivity contribution in [2.75, 3.05) is 12.4 Å². The molecule has 0 fully saturated rings. The number of fused-ring (bicyclic) bond motifs is 1. The Bertz CT molecular complexity index is 689. The van der Waals surface area contributed by atoms with E-state index in [4.69, 9.17) is 16.3 Å². The minimum absolute atomic E-state index is 0.145. The third-order valence-electron chi connectivity index (χ3n) is 3.01. The summed E-state index contributed by atoms with van der Waals surface area (Å²) in [5.41, 5.74) is 2.89. The van der Waals surface area contributed by atoms with Crippen LogP contribution in [0, 0.1) is 0 Å². The molecule has 1 amide bonds. The van der Waals surface area contributed by atoms with Crippen molar-refractivity contribution in [3.8, 4) is 5.75 Å². The zero-order valence-corrected chi connectivity index (χ0v) is 10.9. The van der Waals surface area contributed by atoms with Crippen LogP contribution in [0.2, 0.25) is 5.02 Å². The Morgan fingerprint density at radius 1 is 1.32 bits per heavy atom. The Kier molecular flexibility index (Phi) is 2.80. The number of rotatable bonds is 2. The summed E-state index contributed by atoms with van der Waals surface area (Å²) in [4.78, 5) is 15.0. The van der Waals surface area contributed by atoms with E-state index in [1.54, 1.807) is 43.6 Å². The molecule has 2 heterocycles. The molecule has 1 aromatic heterocycles. The first-order chi connectivity index (χ1) is 9.19. The summed E-state index contributed by atoms with van der Waals surface area (Å²) in [6.45, 7) is 0. The van der Waals surface area contributed by atoms with Crippen LogP contribution in [-0.2, 0) is 4.79 Å². The Morgan fingerprint density at radius 3 is 2.95 bits per heavy atom. The van der Waals surface area contributed by atoms with Crippen LogP contribution in [0.4, 0.5) is 5.69 Å². The van der Waals surface area contributed by atoms with E-state index in [1.807, 2.05) is 0 Å². The van der Waals surface area contributed by atoms with Crippen molar-refractivity contribution in [1.82, 2.24) is 4.98 Å².